The maximum absolute atomic E-state index is 5.75. The van der Waals surface area contributed by atoms with Crippen LogP contribution in [0.1, 0.15) is 22.7 Å². The highest BCUT2D eigenvalue weighted by Crippen LogP contribution is 2.32. The number of ether oxygens (including phenoxy) is 2. The Labute approximate surface area is 133 Å². The van der Waals surface area contributed by atoms with Gasteiger partial charge in [0.15, 0.2) is 11.5 Å². The first kappa shape index (κ1) is 15.8. The van der Waals surface area contributed by atoms with Crippen LogP contribution >= 0.6 is 15.9 Å². The van der Waals surface area contributed by atoms with Crippen molar-refractivity contribution in [2.45, 2.75) is 13.0 Å². The summed E-state index contributed by atoms with van der Waals surface area (Å²) in [6, 6.07) is 11.8. The average Bonchev–Trinajstić information content (AvgIpc) is 2.51. The van der Waals surface area contributed by atoms with Gasteiger partial charge in [0, 0.05) is 4.47 Å². The molecule has 5 heteroatoms. The highest BCUT2D eigenvalue weighted by Gasteiger charge is 2.15. The van der Waals surface area contributed by atoms with Gasteiger partial charge in [0.1, 0.15) is 0 Å². The third-order valence-electron chi connectivity index (χ3n) is 3.42. The fourth-order valence-electron chi connectivity index (χ4n) is 2.26. The molecule has 0 aliphatic carbocycles. The van der Waals surface area contributed by atoms with Crippen molar-refractivity contribution < 1.29 is 9.47 Å². The SMILES string of the molecule is COc1ccc(C(NN)c2ccc(Br)c(C)c2)cc1OC. The van der Waals surface area contributed by atoms with Crippen LogP contribution in [0.25, 0.3) is 0 Å². The Bertz CT molecular complexity index is 632. The van der Waals surface area contributed by atoms with E-state index >= 15 is 0 Å². The summed E-state index contributed by atoms with van der Waals surface area (Å²) in [5.74, 6) is 7.14. The van der Waals surface area contributed by atoms with E-state index in [1.54, 1.807) is 14.2 Å². The van der Waals surface area contributed by atoms with Gasteiger partial charge >= 0.3 is 0 Å². The van der Waals surface area contributed by atoms with E-state index in [0.717, 1.165) is 21.2 Å². The van der Waals surface area contributed by atoms with Crippen LogP contribution in [0, 0.1) is 6.92 Å². The monoisotopic (exact) mass is 350 g/mol. The van der Waals surface area contributed by atoms with Crippen LogP contribution in [0.15, 0.2) is 40.9 Å². The average molecular weight is 351 g/mol. The Hall–Kier alpha value is -1.56. The van der Waals surface area contributed by atoms with E-state index in [1.165, 1.54) is 0 Å². The molecule has 112 valence electrons. The molecule has 0 saturated heterocycles. The van der Waals surface area contributed by atoms with E-state index in [-0.39, 0.29) is 6.04 Å². The highest BCUT2D eigenvalue weighted by molar-refractivity contribution is 9.10. The van der Waals surface area contributed by atoms with Crippen LogP contribution < -0.4 is 20.7 Å². The molecule has 0 bridgehead atoms. The summed E-state index contributed by atoms with van der Waals surface area (Å²) < 4.78 is 11.7. The molecule has 0 amide bonds. The lowest BCUT2D eigenvalue weighted by atomic mass is 9.97. The molecule has 1 unspecified atom stereocenters. The lowest BCUT2D eigenvalue weighted by Crippen LogP contribution is -2.28. The predicted octanol–water partition coefficient (Wildman–Crippen LogP) is 3.33. The minimum absolute atomic E-state index is 0.114. The van der Waals surface area contributed by atoms with Gasteiger partial charge in [0.2, 0.25) is 0 Å². The Morgan fingerprint density at radius 2 is 1.62 bits per heavy atom. The van der Waals surface area contributed by atoms with Crippen molar-refractivity contribution in [1.82, 2.24) is 5.43 Å². The lowest BCUT2D eigenvalue weighted by Gasteiger charge is -2.19. The van der Waals surface area contributed by atoms with Gasteiger partial charge in [-0.1, -0.05) is 34.1 Å². The Morgan fingerprint density at radius 3 is 2.19 bits per heavy atom. The number of hydrogen-bond acceptors (Lipinski definition) is 4. The van der Waals surface area contributed by atoms with Gasteiger partial charge in [-0.05, 0) is 41.8 Å². The molecular formula is C16H19BrN2O2. The van der Waals surface area contributed by atoms with Crippen molar-refractivity contribution in [2.75, 3.05) is 14.2 Å². The van der Waals surface area contributed by atoms with E-state index in [0.29, 0.717) is 11.5 Å². The molecule has 2 rings (SSSR count). The summed E-state index contributed by atoms with van der Waals surface area (Å²) in [6.45, 7) is 2.05. The van der Waals surface area contributed by atoms with Crippen molar-refractivity contribution in [1.29, 1.82) is 0 Å². The Morgan fingerprint density at radius 1 is 1.00 bits per heavy atom. The quantitative estimate of drug-likeness (QED) is 0.641. The summed E-state index contributed by atoms with van der Waals surface area (Å²) in [5.41, 5.74) is 6.12. The van der Waals surface area contributed by atoms with Crippen molar-refractivity contribution in [3.63, 3.8) is 0 Å². The summed E-state index contributed by atoms with van der Waals surface area (Å²) in [4.78, 5) is 0. The topological polar surface area (TPSA) is 56.5 Å². The number of halogens is 1. The minimum Gasteiger partial charge on any atom is -0.493 e. The second kappa shape index (κ2) is 6.93. The van der Waals surface area contributed by atoms with Gasteiger partial charge in [-0.2, -0.15) is 0 Å². The van der Waals surface area contributed by atoms with E-state index < -0.39 is 0 Å². The zero-order chi connectivity index (χ0) is 15.4. The smallest absolute Gasteiger partial charge is 0.161 e. The number of nitrogens with one attached hydrogen (secondary N) is 1. The summed E-state index contributed by atoms with van der Waals surface area (Å²) in [6.07, 6.45) is 0. The van der Waals surface area contributed by atoms with E-state index in [9.17, 15) is 0 Å². The second-order valence-electron chi connectivity index (χ2n) is 4.72. The molecule has 3 N–H and O–H groups in total. The normalized spacial score (nSPS) is 12.0. The Kier molecular flexibility index (Phi) is 5.22. The molecule has 2 aromatic carbocycles. The van der Waals surface area contributed by atoms with Gasteiger partial charge in [0.25, 0.3) is 0 Å². The first-order chi connectivity index (χ1) is 10.1. The largest absolute Gasteiger partial charge is 0.493 e. The lowest BCUT2D eigenvalue weighted by molar-refractivity contribution is 0.354. The van der Waals surface area contributed by atoms with E-state index in [4.69, 9.17) is 15.3 Å². The summed E-state index contributed by atoms with van der Waals surface area (Å²) >= 11 is 3.51. The number of hydrogen-bond donors (Lipinski definition) is 2. The molecule has 0 heterocycles. The van der Waals surface area contributed by atoms with Gasteiger partial charge in [-0.25, -0.2) is 5.43 Å². The van der Waals surface area contributed by atoms with Crippen LogP contribution in [0.5, 0.6) is 11.5 Å². The van der Waals surface area contributed by atoms with E-state index in [1.807, 2.05) is 30.3 Å². The molecular weight excluding hydrogens is 332 g/mol. The number of methoxy groups -OCH3 is 2. The molecule has 0 saturated carbocycles. The van der Waals surface area contributed by atoms with Crippen LogP contribution in [-0.2, 0) is 0 Å². The molecule has 0 radical (unpaired) electrons. The number of benzene rings is 2. The van der Waals surface area contributed by atoms with Crippen LogP contribution in [0.3, 0.4) is 0 Å². The highest BCUT2D eigenvalue weighted by atomic mass is 79.9. The fourth-order valence-corrected chi connectivity index (χ4v) is 2.51. The maximum atomic E-state index is 5.75. The molecule has 0 fully saturated rings. The van der Waals surface area contributed by atoms with Gasteiger partial charge in [0.05, 0.1) is 20.3 Å². The third-order valence-corrected chi connectivity index (χ3v) is 4.31. The number of aryl methyl sites for hydroxylation is 1. The zero-order valence-corrected chi connectivity index (χ0v) is 13.9. The molecule has 2 aromatic rings. The zero-order valence-electron chi connectivity index (χ0n) is 12.3. The van der Waals surface area contributed by atoms with Gasteiger partial charge in [-0.15, -0.1) is 0 Å². The standard InChI is InChI=1S/C16H19BrN2O2/c1-10-8-11(4-6-13(10)17)16(19-18)12-5-7-14(20-2)15(9-12)21-3/h4-9,16,19H,18H2,1-3H3. The minimum atomic E-state index is -0.114. The van der Waals surface area contributed by atoms with Crippen LogP contribution in [0.2, 0.25) is 0 Å². The molecule has 0 aliphatic heterocycles. The summed E-state index contributed by atoms with van der Waals surface area (Å²) in [5, 5.41) is 0. The molecule has 21 heavy (non-hydrogen) atoms. The first-order valence-electron chi connectivity index (χ1n) is 6.54. The van der Waals surface area contributed by atoms with E-state index in [2.05, 4.69) is 34.3 Å². The van der Waals surface area contributed by atoms with Crippen molar-refractivity contribution >= 4 is 15.9 Å². The first-order valence-corrected chi connectivity index (χ1v) is 7.34. The molecule has 4 nitrogen and oxygen atoms in total. The van der Waals surface area contributed by atoms with Gasteiger partial charge < -0.3 is 9.47 Å². The molecule has 0 aromatic heterocycles. The molecule has 0 aliphatic rings. The van der Waals surface area contributed by atoms with Crippen molar-refractivity contribution in [3.05, 3.63) is 57.6 Å². The third kappa shape index (κ3) is 3.37. The van der Waals surface area contributed by atoms with Crippen molar-refractivity contribution in [2.24, 2.45) is 5.84 Å². The second-order valence-corrected chi connectivity index (χ2v) is 5.58. The van der Waals surface area contributed by atoms with Crippen molar-refractivity contribution in [3.8, 4) is 11.5 Å². The molecule has 0 spiro atoms. The van der Waals surface area contributed by atoms with Crippen LogP contribution in [0.4, 0.5) is 0 Å². The number of nitrogens with two attached hydrogens (primary N) is 1. The Balaban J connectivity index is 2.43. The van der Waals surface area contributed by atoms with Gasteiger partial charge in [-0.3, -0.25) is 5.84 Å². The number of rotatable bonds is 5. The number of hydrazine groups is 1. The fraction of sp³-hybridized carbons (Fsp3) is 0.250. The molecule has 1 atom stereocenters. The summed E-state index contributed by atoms with van der Waals surface area (Å²) in [7, 11) is 3.24. The predicted molar refractivity (Wildman–Crippen MR) is 87.6 cm³/mol. The maximum Gasteiger partial charge on any atom is 0.161 e. The van der Waals surface area contributed by atoms with Crippen LogP contribution in [-0.4, -0.2) is 14.2 Å².